The molecule has 0 bridgehead atoms. The molecular formula is C25H26N4O2. The van der Waals surface area contributed by atoms with Crippen molar-refractivity contribution in [3.05, 3.63) is 90.8 Å². The molecule has 1 saturated heterocycles. The average Bonchev–Trinajstić information content (AvgIpc) is 3.30. The molecule has 0 saturated carbocycles. The molecule has 4 rings (SSSR count). The third kappa shape index (κ3) is 4.74. The second-order valence-corrected chi connectivity index (χ2v) is 7.76. The summed E-state index contributed by atoms with van der Waals surface area (Å²) in [5.74, 6) is -0.376. The minimum absolute atomic E-state index is 0.0620. The summed E-state index contributed by atoms with van der Waals surface area (Å²) in [6, 6.07) is 20.2. The lowest BCUT2D eigenvalue weighted by molar-refractivity contribution is -0.134. The van der Waals surface area contributed by atoms with Gasteiger partial charge >= 0.3 is 0 Å². The molecule has 1 fully saturated rings. The quantitative estimate of drug-likeness (QED) is 0.629. The third-order valence-electron chi connectivity index (χ3n) is 5.65. The van der Waals surface area contributed by atoms with Crippen LogP contribution in [0.3, 0.4) is 0 Å². The molecule has 1 atom stereocenters. The molecule has 0 spiro atoms. The van der Waals surface area contributed by atoms with Crippen molar-refractivity contribution in [3.8, 4) is 11.1 Å². The molecule has 2 aromatic carbocycles. The van der Waals surface area contributed by atoms with Gasteiger partial charge in [0.2, 0.25) is 5.91 Å². The Hall–Kier alpha value is -3.67. The summed E-state index contributed by atoms with van der Waals surface area (Å²) in [7, 11) is 0. The molecular weight excluding hydrogens is 388 g/mol. The Kier molecular flexibility index (Phi) is 6.26. The van der Waals surface area contributed by atoms with Crippen molar-refractivity contribution in [1.82, 2.24) is 20.0 Å². The molecule has 158 valence electrons. The topological polar surface area (TPSA) is 69.3 Å². The van der Waals surface area contributed by atoms with E-state index in [1.165, 1.54) is 0 Å². The molecule has 2 heterocycles. The normalized spacial score (nSPS) is 16.8. The average molecular weight is 415 g/mol. The first kappa shape index (κ1) is 20.6. The van der Waals surface area contributed by atoms with Crippen molar-refractivity contribution < 1.29 is 9.59 Å². The zero-order valence-corrected chi connectivity index (χ0v) is 17.4. The first-order valence-electron chi connectivity index (χ1n) is 10.5. The highest BCUT2D eigenvalue weighted by molar-refractivity contribution is 5.93. The Labute approximate surface area is 182 Å². The van der Waals surface area contributed by atoms with Gasteiger partial charge in [-0.05, 0) is 29.2 Å². The Morgan fingerprint density at radius 1 is 1.06 bits per heavy atom. The van der Waals surface area contributed by atoms with Crippen LogP contribution in [0.15, 0.2) is 79.5 Å². The molecule has 2 amide bonds. The van der Waals surface area contributed by atoms with Crippen LogP contribution in [0, 0.1) is 5.92 Å². The van der Waals surface area contributed by atoms with E-state index in [4.69, 9.17) is 0 Å². The lowest BCUT2D eigenvalue weighted by Gasteiger charge is -2.23. The number of rotatable bonds is 6. The summed E-state index contributed by atoms with van der Waals surface area (Å²) >= 11 is 0. The third-order valence-corrected chi connectivity index (χ3v) is 5.65. The van der Waals surface area contributed by atoms with E-state index in [0.717, 1.165) is 16.7 Å². The van der Waals surface area contributed by atoms with Gasteiger partial charge in [-0.15, -0.1) is 6.58 Å². The van der Waals surface area contributed by atoms with Crippen LogP contribution in [0.25, 0.3) is 11.1 Å². The number of hydrogen-bond donors (Lipinski definition) is 1. The van der Waals surface area contributed by atoms with Gasteiger partial charge in [0.1, 0.15) is 5.69 Å². The highest BCUT2D eigenvalue weighted by Crippen LogP contribution is 2.22. The van der Waals surface area contributed by atoms with E-state index in [1.807, 2.05) is 18.2 Å². The molecule has 0 unspecified atom stereocenters. The van der Waals surface area contributed by atoms with Crippen molar-refractivity contribution in [3.63, 3.8) is 0 Å². The molecule has 1 aliphatic heterocycles. The lowest BCUT2D eigenvalue weighted by atomic mass is 9.95. The van der Waals surface area contributed by atoms with Crippen molar-refractivity contribution in [2.24, 2.45) is 5.92 Å². The van der Waals surface area contributed by atoms with Crippen LogP contribution in [0.5, 0.6) is 0 Å². The van der Waals surface area contributed by atoms with E-state index in [0.29, 0.717) is 38.3 Å². The lowest BCUT2D eigenvalue weighted by Crippen LogP contribution is -2.38. The van der Waals surface area contributed by atoms with Crippen LogP contribution in [-0.4, -0.2) is 58.0 Å². The van der Waals surface area contributed by atoms with Gasteiger partial charge in [0, 0.05) is 32.4 Å². The van der Waals surface area contributed by atoms with Crippen LogP contribution in [-0.2, 0) is 11.2 Å². The predicted molar refractivity (Wildman–Crippen MR) is 120 cm³/mol. The second kappa shape index (κ2) is 9.43. The second-order valence-electron chi connectivity index (χ2n) is 7.76. The van der Waals surface area contributed by atoms with E-state index < -0.39 is 0 Å². The monoisotopic (exact) mass is 414 g/mol. The largest absolute Gasteiger partial charge is 0.337 e. The molecule has 1 aromatic heterocycles. The number of hydrogen-bond acceptors (Lipinski definition) is 3. The molecule has 6 heteroatoms. The molecule has 31 heavy (non-hydrogen) atoms. The van der Waals surface area contributed by atoms with E-state index in [2.05, 4.69) is 53.2 Å². The van der Waals surface area contributed by atoms with Gasteiger partial charge in [-0.1, -0.05) is 60.7 Å². The van der Waals surface area contributed by atoms with Gasteiger partial charge < -0.3 is 9.80 Å². The number of aromatic amines is 1. The maximum absolute atomic E-state index is 13.2. The summed E-state index contributed by atoms with van der Waals surface area (Å²) in [4.78, 5) is 29.6. The van der Waals surface area contributed by atoms with Gasteiger partial charge in [-0.3, -0.25) is 14.7 Å². The first-order chi connectivity index (χ1) is 15.2. The number of H-pyrrole nitrogens is 1. The standard InChI is InChI=1S/C25H26N4O2/c1-2-14-28-15-16-29(25(31)23-12-13-26-27-23)18-22(24(28)30)17-19-8-10-21(11-9-19)20-6-4-3-5-7-20/h2-13,22H,1,14-18H2,(H,26,27)/t22-/m1/s1. The summed E-state index contributed by atoms with van der Waals surface area (Å²) < 4.78 is 0. The van der Waals surface area contributed by atoms with Gasteiger partial charge in [0.25, 0.3) is 5.91 Å². The zero-order valence-electron chi connectivity index (χ0n) is 17.4. The van der Waals surface area contributed by atoms with Gasteiger partial charge in [-0.25, -0.2) is 0 Å². The van der Waals surface area contributed by atoms with Gasteiger partial charge in [-0.2, -0.15) is 5.10 Å². The fraction of sp³-hybridized carbons (Fsp3) is 0.240. The Bertz CT molecular complexity index is 1030. The number of amides is 2. The van der Waals surface area contributed by atoms with Crippen LogP contribution >= 0.6 is 0 Å². The summed E-state index contributed by atoms with van der Waals surface area (Å²) in [6.45, 7) is 5.62. The number of carbonyl (C=O) groups excluding carboxylic acids is 2. The fourth-order valence-electron chi connectivity index (χ4n) is 4.01. The number of nitrogens with one attached hydrogen (secondary N) is 1. The maximum Gasteiger partial charge on any atom is 0.271 e. The van der Waals surface area contributed by atoms with Crippen LogP contribution < -0.4 is 0 Å². The highest BCUT2D eigenvalue weighted by Gasteiger charge is 2.32. The molecule has 0 radical (unpaired) electrons. The van der Waals surface area contributed by atoms with Crippen LogP contribution in [0.2, 0.25) is 0 Å². The van der Waals surface area contributed by atoms with E-state index in [9.17, 15) is 9.59 Å². The molecule has 1 aliphatic rings. The number of carbonyl (C=O) groups is 2. The SMILES string of the molecule is C=CCN1CCN(C(=O)c2ccn[nH]2)C[C@@H](Cc2ccc(-c3ccccc3)cc2)C1=O. The minimum atomic E-state index is -0.308. The molecule has 0 aliphatic carbocycles. The van der Waals surface area contributed by atoms with Crippen molar-refractivity contribution in [1.29, 1.82) is 0 Å². The van der Waals surface area contributed by atoms with Gasteiger partial charge in [0.15, 0.2) is 0 Å². The Morgan fingerprint density at radius 2 is 1.81 bits per heavy atom. The number of nitrogens with zero attached hydrogens (tertiary/aromatic N) is 3. The van der Waals surface area contributed by atoms with Crippen LogP contribution in [0.4, 0.5) is 0 Å². The minimum Gasteiger partial charge on any atom is -0.337 e. The number of aromatic nitrogens is 2. The van der Waals surface area contributed by atoms with Crippen molar-refractivity contribution in [2.45, 2.75) is 6.42 Å². The Morgan fingerprint density at radius 3 is 2.48 bits per heavy atom. The van der Waals surface area contributed by atoms with Crippen molar-refractivity contribution >= 4 is 11.8 Å². The summed E-state index contributed by atoms with van der Waals surface area (Å²) in [5, 5.41) is 6.61. The molecule has 3 aromatic rings. The van der Waals surface area contributed by atoms with E-state index in [1.54, 1.807) is 28.1 Å². The van der Waals surface area contributed by atoms with Gasteiger partial charge in [0.05, 0.1) is 5.92 Å². The van der Waals surface area contributed by atoms with Crippen molar-refractivity contribution in [2.75, 3.05) is 26.2 Å². The zero-order chi connectivity index (χ0) is 21.6. The first-order valence-corrected chi connectivity index (χ1v) is 10.5. The maximum atomic E-state index is 13.2. The fourth-order valence-corrected chi connectivity index (χ4v) is 4.01. The molecule has 1 N–H and O–H groups in total. The van der Waals surface area contributed by atoms with E-state index in [-0.39, 0.29) is 17.7 Å². The predicted octanol–water partition coefficient (Wildman–Crippen LogP) is 3.41. The molecule has 6 nitrogen and oxygen atoms in total. The highest BCUT2D eigenvalue weighted by atomic mass is 16.2. The van der Waals surface area contributed by atoms with Crippen LogP contribution in [0.1, 0.15) is 16.1 Å². The number of benzene rings is 2. The smallest absolute Gasteiger partial charge is 0.271 e. The Balaban J connectivity index is 1.53. The van der Waals surface area contributed by atoms with E-state index >= 15 is 0 Å². The summed E-state index contributed by atoms with van der Waals surface area (Å²) in [6.07, 6.45) is 3.87. The summed E-state index contributed by atoms with van der Waals surface area (Å²) in [5.41, 5.74) is 3.82.